The first kappa shape index (κ1) is 16.5. The highest BCUT2D eigenvalue weighted by Gasteiger charge is 2.30. The highest BCUT2D eigenvalue weighted by molar-refractivity contribution is 5.82. The number of hydrogen-bond donors (Lipinski definition) is 1. The molecule has 2 rings (SSSR count). The maximum absolute atomic E-state index is 12.0. The summed E-state index contributed by atoms with van der Waals surface area (Å²) in [5.74, 6) is 0.881. The Bertz CT molecular complexity index is 517. The molecule has 22 heavy (non-hydrogen) atoms. The van der Waals surface area contributed by atoms with Crippen molar-refractivity contribution in [3.8, 4) is 5.75 Å². The molecule has 1 unspecified atom stereocenters. The third kappa shape index (κ3) is 3.84. The van der Waals surface area contributed by atoms with Gasteiger partial charge in [0, 0.05) is 0 Å². The average Bonchev–Trinajstić information content (AvgIpc) is 2.47. The number of nitrogens with two attached hydrogens (primary N) is 1. The molecule has 1 heterocycles. The Morgan fingerprint density at radius 2 is 2.27 bits per heavy atom. The molecule has 0 aromatic heterocycles. The number of carbonyl (C=O) groups is 1. The van der Waals surface area contributed by atoms with Gasteiger partial charge in [-0.2, -0.15) is 0 Å². The van der Waals surface area contributed by atoms with Crippen molar-refractivity contribution in [1.82, 2.24) is 0 Å². The van der Waals surface area contributed by atoms with E-state index in [-0.39, 0.29) is 18.6 Å². The monoisotopic (exact) mass is 306 g/mol. The van der Waals surface area contributed by atoms with Crippen LogP contribution in [0.25, 0.3) is 0 Å². The highest BCUT2D eigenvalue weighted by atomic mass is 16.5. The van der Waals surface area contributed by atoms with Crippen LogP contribution in [0.1, 0.15) is 33.6 Å². The highest BCUT2D eigenvalue weighted by Crippen LogP contribution is 2.39. The second-order valence-corrected chi connectivity index (χ2v) is 6.05. The van der Waals surface area contributed by atoms with Crippen molar-refractivity contribution >= 4 is 17.3 Å². The Labute approximate surface area is 132 Å². The lowest BCUT2D eigenvalue weighted by molar-refractivity contribution is -0.142. The van der Waals surface area contributed by atoms with E-state index in [1.165, 1.54) is 0 Å². The Hall–Kier alpha value is -1.91. The minimum Gasteiger partial charge on any atom is -0.486 e. The van der Waals surface area contributed by atoms with Crippen molar-refractivity contribution in [3.05, 3.63) is 18.2 Å². The second kappa shape index (κ2) is 7.38. The van der Waals surface area contributed by atoms with Crippen LogP contribution in [-0.4, -0.2) is 31.8 Å². The van der Waals surface area contributed by atoms with Gasteiger partial charge < -0.3 is 20.1 Å². The van der Waals surface area contributed by atoms with Crippen molar-refractivity contribution in [3.63, 3.8) is 0 Å². The maximum atomic E-state index is 12.0. The van der Waals surface area contributed by atoms with E-state index in [1.54, 1.807) is 0 Å². The van der Waals surface area contributed by atoms with Crippen LogP contribution < -0.4 is 15.4 Å². The number of carbonyl (C=O) groups excluding carboxylic acids is 1. The molecule has 0 saturated heterocycles. The van der Waals surface area contributed by atoms with Gasteiger partial charge in [0.05, 0.1) is 18.8 Å². The van der Waals surface area contributed by atoms with Crippen molar-refractivity contribution < 1.29 is 14.3 Å². The van der Waals surface area contributed by atoms with Gasteiger partial charge in [0.25, 0.3) is 0 Å². The number of anilines is 2. The molecule has 5 nitrogen and oxygen atoms in total. The number of ether oxygens (including phenoxy) is 2. The van der Waals surface area contributed by atoms with Crippen LogP contribution in [0.15, 0.2) is 18.2 Å². The zero-order valence-corrected chi connectivity index (χ0v) is 13.7. The van der Waals surface area contributed by atoms with Gasteiger partial charge in [0.2, 0.25) is 0 Å². The lowest BCUT2D eigenvalue weighted by atomic mass is 10.0. The van der Waals surface area contributed by atoms with Crippen LogP contribution in [-0.2, 0) is 9.53 Å². The minimum absolute atomic E-state index is 0.0396. The molecule has 122 valence electrons. The van der Waals surface area contributed by atoms with Gasteiger partial charge >= 0.3 is 5.97 Å². The maximum Gasteiger partial charge on any atom is 0.325 e. The van der Waals surface area contributed by atoms with Gasteiger partial charge in [0.1, 0.15) is 24.1 Å². The first-order valence-electron chi connectivity index (χ1n) is 7.98. The Balaban J connectivity index is 2.13. The molecule has 0 spiro atoms. The summed E-state index contributed by atoms with van der Waals surface area (Å²) in [5, 5.41) is 0. The number of hydrogen-bond acceptors (Lipinski definition) is 5. The second-order valence-electron chi connectivity index (χ2n) is 6.05. The normalized spacial score (nSPS) is 17.1. The van der Waals surface area contributed by atoms with Crippen LogP contribution in [0, 0.1) is 5.92 Å². The molecule has 0 bridgehead atoms. The van der Waals surface area contributed by atoms with Gasteiger partial charge in [-0.1, -0.05) is 33.3 Å². The lowest BCUT2D eigenvalue weighted by Crippen LogP contribution is -2.45. The first-order chi connectivity index (χ1) is 10.5. The molecule has 1 aromatic carbocycles. The quantitative estimate of drug-likeness (QED) is 0.497. The molecular formula is C17H26N2O3. The SMILES string of the molecule is CCCCOC(=O)CN1CC(C(C)C)Oc2cccc(N)c21. The fourth-order valence-corrected chi connectivity index (χ4v) is 2.50. The van der Waals surface area contributed by atoms with Crippen molar-refractivity contribution in [2.24, 2.45) is 5.92 Å². The van der Waals surface area contributed by atoms with E-state index < -0.39 is 0 Å². The smallest absolute Gasteiger partial charge is 0.325 e. The van der Waals surface area contributed by atoms with Crippen LogP contribution in [0.5, 0.6) is 5.75 Å². The van der Waals surface area contributed by atoms with E-state index in [9.17, 15) is 4.79 Å². The Morgan fingerprint density at radius 3 is 2.95 bits per heavy atom. The van der Waals surface area contributed by atoms with Crippen LogP contribution >= 0.6 is 0 Å². The Kier molecular flexibility index (Phi) is 5.52. The molecule has 5 heteroatoms. The predicted molar refractivity (Wildman–Crippen MR) is 88.2 cm³/mol. The van der Waals surface area contributed by atoms with Crippen LogP contribution in [0.4, 0.5) is 11.4 Å². The zero-order chi connectivity index (χ0) is 16.1. The number of rotatable bonds is 6. The number of fused-ring (bicyclic) bond motifs is 1. The summed E-state index contributed by atoms with van der Waals surface area (Å²) in [4.78, 5) is 14.0. The summed E-state index contributed by atoms with van der Waals surface area (Å²) in [5.41, 5.74) is 7.50. The summed E-state index contributed by atoms with van der Waals surface area (Å²) >= 11 is 0. The molecule has 0 fully saturated rings. The number of unbranched alkanes of at least 4 members (excludes halogenated alkanes) is 1. The third-order valence-corrected chi connectivity index (χ3v) is 3.85. The van der Waals surface area contributed by atoms with Crippen molar-refractivity contribution in [1.29, 1.82) is 0 Å². The standard InChI is InChI=1S/C17H26N2O3/c1-4-5-9-21-16(20)11-19-10-15(12(2)3)22-14-8-6-7-13(18)17(14)19/h6-8,12,15H,4-5,9-11,18H2,1-3H3. The van der Waals surface area contributed by atoms with E-state index in [0.29, 0.717) is 24.8 Å². The molecule has 1 aliphatic heterocycles. The first-order valence-corrected chi connectivity index (χ1v) is 7.98. The topological polar surface area (TPSA) is 64.8 Å². The van der Waals surface area contributed by atoms with Gasteiger partial charge in [-0.15, -0.1) is 0 Å². The molecule has 0 saturated carbocycles. The summed E-state index contributed by atoms with van der Waals surface area (Å²) in [6, 6.07) is 5.59. The van der Waals surface area contributed by atoms with Gasteiger partial charge in [-0.3, -0.25) is 4.79 Å². The van der Waals surface area contributed by atoms with Gasteiger partial charge in [-0.05, 0) is 24.5 Å². The Morgan fingerprint density at radius 1 is 1.50 bits per heavy atom. The van der Waals surface area contributed by atoms with E-state index in [4.69, 9.17) is 15.2 Å². The number of benzene rings is 1. The lowest BCUT2D eigenvalue weighted by Gasteiger charge is -2.38. The molecule has 1 atom stereocenters. The number of nitrogens with zero attached hydrogens (tertiary/aromatic N) is 1. The van der Waals surface area contributed by atoms with Crippen LogP contribution in [0.3, 0.4) is 0 Å². The molecule has 0 radical (unpaired) electrons. The molecule has 2 N–H and O–H groups in total. The number of para-hydroxylation sites is 1. The average molecular weight is 306 g/mol. The fraction of sp³-hybridized carbons (Fsp3) is 0.588. The van der Waals surface area contributed by atoms with Crippen molar-refractivity contribution in [2.45, 2.75) is 39.7 Å². The van der Waals surface area contributed by atoms with E-state index in [1.807, 2.05) is 23.1 Å². The fourth-order valence-electron chi connectivity index (χ4n) is 2.50. The van der Waals surface area contributed by atoms with Gasteiger partial charge in [-0.25, -0.2) is 0 Å². The summed E-state index contributed by atoms with van der Waals surface area (Å²) in [6.45, 7) is 7.61. The van der Waals surface area contributed by atoms with E-state index in [0.717, 1.165) is 24.3 Å². The zero-order valence-electron chi connectivity index (χ0n) is 13.7. The summed E-state index contributed by atoms with van der Waals surface area (Å²) in [7, 11) is 0. The van der Waals surface area contributed by atoms with Gasteiger partial charge in [0.15, 0.2) is 0 Å². The largest absolute Gasteiger partial charge is 0.486 e. The van der Waals surface area contributed by atoms with Crippen molar-refractivity contribution in [2.75, 3.05) is 30.3 Å². The summed E-state index contributed by atoms with van der Waals surface area (Å²) in [6.07, 6.45) is 1.94. The third-order valence-electron chi connectivity index (χ3n) is 3.85. The minimum atomic E-state index is -0.216. The molecular weight excluding hydrogens is 280 g/mol. The predicted octanol–water partition coefficient (Wildman–Crippen LogP) is 2.84. The van der Waals surface area contributed by atoms with E-state index in [2.05, 4.69) is 20.8 Å². The number of esters is 1. The summed E-state index contributed by atoms with van der Waals surface area (Å²) < 4.78 is 11.3. The van der Waals surface area contributed by atoms with E-state index >= 15 is 0 Å². The molecule has 1 aromatic rings. The molecule has 1 aliphatic rings. The molecule has 0 aliphatic carbocycles. The molecule has 0 amide bonds. The number of nitrogen functional groups attached to an aromatic ring is 1. The van der Waals surface area contributed by atoms with Crippen LogP contribution in [0.2, 0.25) is 0 Å².